The van der Waals surface area contributed by atoms with Gasteiger partial charge >= 0.3 is 0 Å². The third-order valence-electron chi connectivity index (χ3n) is 9.96. The fourth-order valence-electron chi connectivity index (χ4n) is 8.56. The Morgan fingerprint density at radius 3 is 2.35 bits per heavy atom. The lowest BCUT2D eigenvalue weighted by atomic mass is 9.45. The van der Waals surface area contributed by atoms with E-state index in [4.69, 9.17) is 6.42 Å². The molecule has 0 bridgehead atoms. The Kier molecular flexibility index (Phi) is 2.57. The van der Waals surface area contributed by atoms with Crippen LogP contribution in [0.4, 0.5) is 0 Å². The largest absolute Gasteiger partial charge is 0.393 e. The summed E-state index contributed by atoms with van der Waals surface area (Å²) < 4.78 is 0. The van der Waals surface area contributed by atoms with Crippen molar-refractivity contribution in [2.24, 2.45) is 39.9 Å². The standard InChI is InChI=1S/C21H30O2/c1-4-20(23)10-7-15-14-11-17(22)21-12-13(21)5-8-19(21,3)16(14)6-9-18(15,20)2/h1,13-17,22-23H,5-12H2,2-3H3/t13-,14+,15+,16+,17-,18+,19-,20-,21-/m1/s1. The van der Waals surface area contributed by atoms with Crippen molar-refractivity contribution >= 4 is 0 Å². The van der Waals surface area contributed by atoms with Gasteiger partial charge in [0.15, 0.2) is 0 Å². The molecule has 0 saturated heterocycles. The predicted octanol–water partition coefficient (Wildman–Crippen LogP) is 3.36. The molecule has 0 amide bonds. The van der Waals surface area contributed by atoms with Crippen LogP contribution in [-0.4, -0.2) is 21.9 Å². The highest BCUT2D eigenvalue weighted by Gasteiger charge is 2.77. The maximum Gasteiger partial charge on any atom is 0.130 e. The highest BCUT2D eigenvalue weighted by atomic mass is 16.3. The second-order valence-corrected chi connectivity index (χ2v) is 10.0. The summed E-state index contributed by atoms with van der Waals surface area (Å²) in [6.07, 6.45) is 14.5. The Balaban J connectivity index is 1.55. The van der Waals surface area contributed by atoms with Crippen LogP contribution in [-0.2, 0) is 0 Å². The summed E-state index contributed by atoms with van der Waals surface area (Å²) in [4.78, 5) is 0. The van der Waals surface area contributed by atoms with E-state index in [1.807, 2.05) is 0 Å². The molecule has 0 aromatic heterocycles. The van der Waals surface area contributed by atoms with Crippen molar-refractivity contribution < 1.29 is 10.2 Å². The van der Waals surface area contributed by atoms with Crippen LogP contribution in [0.3, 0.4) is 0 Å². The SMILES string of the molecule is C#C[C@@]1(O)CC[C@H]2[C@@H]3C[C@@H](O)[C@@]45C[C@H]4CC[C@]5(C)[C@H]3CC[C@@]21C. The van der Waals surface area contributed by atoms with Crippen molar-refractivity contribution in [3.63, 3.8) is 0 Å². The Bertz CT molecular complexity index is 607. The number of hydrogen-bond donors (Lipinski definition) is 2. The summed E-state index contributed by atoms with van der Waals surface area (Å²) in [5.41, 5.74) is -0.492. The van der Waals surface area contributed by atoms with Crippen molar-refractivity contribution in [1.29, 1.82) is 0 Å². The number of rotatable bonds is 0. The zero-order valence-corrected chi connectivity index (χ0v) is 14.5. The summed E-state index contributed by atoms with van der Waals surface area (Å²) in [5, 5.41) is 22.1. The van der Waals surface area contributed by atoms with Crippen molar-refractivity contribution in [3.05, 3.63) is 0 Å². The van der Waals surface area contributed by atoms with Crippen LogP contribution in [0.25, 0.3) is 0 Å². The molecule has 5 aliphatic carbocycles. The predicted molar refractivity (Wildman–Crippen MR) is 89.3 cm³/mol. The van der Waals surface area contributed by atoms with Gasteiger partial charge in [0.25, 0.3) is 0 Å². The highest BCUT2D eigenvalue weighted by molar-refractivity contribution is 5.28. The third-order valence-corrected chi connectivity index (χ3v) is 9.96. The van der Waals surface area contributed by atoms with Gasteiger partial charge < -0.3 is 10.2 Å². The number of fused-ring (bicyclic) bond motifs is 4. The first kappa shape index (κ1) is 14.8. The molecule has 0 radical (unpaired) electrons. The molecule has 5 saturated carbocycles. The molecule has 0 unspecified atom stereocenters. The minimum Gasteiger partial charge on any atom is -0.393 e. The van der Waals surface area contributed by atoms with Crippen molar-refractivity contribution in [2.75, 3.05) is 0 Å². The van der Waals surface area contributed by atoms with E-state index in [0.29, 0.717) is 17.3 Å². The molecule has 1 spiro atoms. The van der Waals surface area contributed by atoms with E-state index in [9.17, 15) is 10.2 Å². The lowest BCUT2D eigenvalue weighted by Crippen LogP contribution is -2.58. The average molecular weight is 314 g/mol. The van der Waals surface area contributed by atoms with Gasteiger partial charge in [-0.1, -0.05) is 19.8 Å². The van der Waals surface area contributed by atoms with Crippen LogP contribution in [0.5, 0.6) is 0 Å². The number of hydrogen-bond acceptors (Lipinski definition) is 2. The van der Waals surface area contributed by atoms with E-state index in [-0.39, 0.29) is 16.9 Å². The van der Waals surface area contributed by atoms with Gasteiger partial charge in [0, 0.05) is 10.8 Å². The molecule has 0 aromatic carbocycles. The molecule has 2 N–H and O–H groups in total. The smallest absolute Gasteiger partial charge is 0.130 e. The molecule has 0 aliphatic heterocycles. The summed E-state index contributed by atoms with van der Waals surface area (Å²) in [7, 11) is 0. The van der Waals surface area contributed by atoms with E-state index in [2.05, 4.69) is 19.8 Å². The van der Waals surface area contributed by atoms with Crippen LogP contribution >= 0.6 is 0 Å². The van der Waals surface area contributed by atoms with Gasteiger partial charge in [0.05, 0.1) is 6.10 Å². The van der Waals surface area contributed by atoms with Gasteiger partial charge in [-0.2, -0.15) is 0 Å². The first-order chi connectivity index (χ1) is 10.8. The zero-order valence-electron chi connectivity index (χ0n) is 14.5. The van der Waals surface area contributed by atoms with Gasteiger partial charge in [-0.15, -0.1) is 6.42 Å². The summed E-state index contributed by atoms with van der Waals surface area (Å²) in [6.45, 7) is 4.72. The van der Waals surface area contributed by atoms with Gasteiger partial charge in [-0.05, 0) is 80.5 Å². The molecular weight excluding hydrogens is 284 g/mol. The molecule has 0 aromatic rings. The average Bonchev–Trinajstić information content (AvgIpc) is 3.11. The van der Waals surface area contributed by atoms with Crippen molar-refractivity contribution in [1.82, 2.24) is 0 Å². The quantitative estimate of drug-likeness (QED) is 0.673. The third kappa shape index (κ3) is 1.36. The molecule has 126 valence electrons. The fraction of sp³-hybridized carbons (Fsp3) is 0.905. The Morgan fingerprint density at radius 1 is 1.00 bits per heavy atom. The first-order valence-corrected chi connectivity index (χ1v) is 9.71. The minimum atomic E-state index is -0.929. The summed E-state index contributed by atoms with van der Waals surface area (Å²) in [5.74, 6) is 5.33. The number of aliphatic hydroxyl groups is 2. The second-order valence-electron chi connectivity index (χ2n) is 10.0. The molecule has 23 heavy (non-hydrogen) atoms. The second kappa shape index (κ2) is 4.00. The zero-order chi connectivity index (χ0) is 16.3. The minimum absolute atomic E-state index is 0.122. The van der Waals surface area contributed by atoms with Gasteiger partial charge in [-0.3, -0.25) is 0 Å². The first-order valence-electron chi connectivity index (χ1n) is 9.71. The Morgan fingerprint density at radius 2 is 1.65 bits per heavy atom. The number of aliphatic hydroxyl groups excluding tert-OH is 1. The van der Waals surface area contributed by atoms with Crippen molar-refractivity contribution in [2.45, 2.75) is 76.9 Å². The van der Waals surface area contributed by atoms with E-state index in [0.717, 1.165) is 37.5 Å². The normalized spacial score (nSPS) is 66.0. The Hall–Kier alpha value is -0.520. The summed E-state index contributed by atoms with van der Waals surface area (Å²) >= 11 is 0. The van der Waals surface area contributed by atoms with Crippen LogP contribution in [0, 0.1) is 52.3 Å². The van der Waals surface area contributed by atoms with Gasteiger partial charge in [-0.25, -0.2) is 0 Å². The lowest BCUT2D eigenvalue weighted by Gasteiger charge is -2.60. The topological polar surface area (TPSA) is 40.5 Å². The molecule has 0 heterocycles. The van der Waals surface area contributed by atoms with Gasteiger partial charge in [0.1, 0.15) is 5.60 Å². The van der Waals surface area contributed by atoms with Crippen LogP contribution < -0.4 is 0 Å². The van der Waals surface area contributed by atoms with Crippen LogP contribution in [0.1, 0.15) is 65.2 Å². The maximum absolute atomic E-state index is 11.1. The maximum atomic E-state index is 11.1. The van der Waals surface area contributed by atoms with E-state index < -0.39 is 5.60 Å². The molecular formula is C21H30O2. The fourth-order valence-corrected chi connectivity index (χ4v) is 8.56. The molecule has 5 aliphatic rings. The van der Waals surface area contributed by atoms with Crippen molar-refractivity contribution in [3.8, 4) is 12.3 Å². The van der Waals surface area contributed by atoms with E-state index in [1.165, 1.54) is 25.7 Å². The highest BCUT2D eigenvalue weighted by Crippen LogP contribution is 2.81. The summed E-state index contributed by atoms with van der Waals surface area (Å²) in [6, 6.07) is 0. The lowest BCUT2D eigenvalue weighted by molar-refractivity contribution is -0.163. The molecule has 2 nitrogen and oxygen atoms in total. The monoisotopic (exact) mass is 314 g/mol. The molecule has 2 heteroatoms. The molecule has 9 atom stereocenters. The van der Waals surface area contributed by atoms with Gasteiger partial charge in [0.2, 0.25) is 0 Å². The van der Waals surface area contributed by atoms with E-state index in [1.54, 1.807) is 0 Å². The molecule has 5 fully saturated rings. The number of terminal acetylenes is 1. The Labute approximate surface area is 140 Å². The van der Waals surface area contributed by atoms with Crippen LogP contribution in [0.2, 0.25) is 0 Å². The van der Waals surface area contributed by atoms with Crippen LogP contribution in [0.15, 0.2) is 0 Å². The van der Waals surface area contributed by atoms with E-state index >= 15 is 0 Å². The molecule has 5 rings (SSSR count).